The van der Waals surface area contributed by atoms with E-state index in [0.29, 0.717) is 17.5 Å². The summed E-state index contributed by atoms with van der Waals surface area (Å²) in [5, 5.41) is 9.47. The molecule has 0 N–H and O–H groups in total. The summed E-state index contributed by atoms with van der Waals surface area (Å²) in [5.41, 5.74) is 9.17. The Morgan fingerprint density at radius 2 is 1.00 bits per heavy atom. The van der Waals surface area contributed by atoms with Crippen LogP contribution in [0.3, 0.4) is 0 Å². The van der Waals surface area contributed by atoms with E-state index in [-0.39, 0.29) is 0 Å². The van der Waals surface area contributed by atoms with E-state index in [1.807, 2.05) is 65.1 Å². The van der Waals surface area contributed by atoms with Gasteiger partial charge in [-0.1, -0.05) is 146 Å². The van der Waals surface area contributed by atoms with Crippen LogP contribution in [-0.4, -0.2) is 15.0 Å². The average molecular weight is 814 g/mol. The molecule has 4 nitrogen and oxygen atoms in total. The number of hydrogen-bond donors (Lipinski definition) is 0. The van der Waals surface area contributed by atoms with Crippen molar-refractivity contribution in [2.75, 3.05) is 0 Å². The molecule has 0 spiro atoms. The van der Waals surface area contributed by atoms with Gasteiger partial charge in [0.1, 0.15) is 11.2 Å². The third-order valence-corrected chi connectivity index (χ3v) is 14.3. The van der Waals surface area contributed by atoms with E-state index in [1.165, 1.54) is 62.4 Å². The van der Waals surface area contributed by atoms with Gasteiger partial charge in [0.2, 0.25) is 0 Å². The summed E-state index contributed by atoms with van der Waals surface area (Å²) >= 11 is 3.74. The lowest BCUT2D eigenvalue weighted by Gasteiger charge is -2.11. The zero-order valence-electron chi connectivity index (χ0n) is 32.5. The first-order valence-electron chi connectivity index (χ1n) is 20.3. The Balaban J connectivity index is 1.00. The van der Waals surface area contributed by atoms with E-state index in [4.69, 9.17) is 19.4 Å². The molecule has 0 atom stereocenters. The molecule has 0 aliphatic carbocycles. The first-order chi connectivity index (χ1) is 30.2. The smallest absolute Gasteiger partial charge is 0.164 e. The number of benzene rings is 9. The second-order valence-electron chi connectivity index (χ2n) is 15.5. The van der Waals surface area contributed by atoms with Crippen LogP contribution in [0.2, 0.25) is 0 Å². The van der Waals surface area contributed by atoms with Crippen molar-refractivity contribution in [3.8, 4) is 56.4 Å². The number of thiophene rings is 2. The van der Waals surface area contributed by atoms with Crippen LogP contribution in [0.25, 0.3) is 129 Å². The van der Waals surface area contributed by atoms with Crippen LogP contribution in [0.4, 0.5) is 0 Å². The predicted molar refractivity (Wildman–Crippen MR) is 258 cm³/mol. The molecular formula is C55H31N3OS2. The maximum atomic E-state index is 6.59. The maximum absolute atomic E-state index is 6.59. The zero-order valence-corrected chi connectivity index (χ0v) is 34.1. The molecule has 13 rings (SSSR count). The molecule has 61 heavy (non-hydrogen) atoms. The quantitative estimate of drug-likeness (QED) is 0.174. The van der Waals surface area contributed by atoms with E-state index in [1.54, 1.807) is 0 Å². The summed E-state index contributed by atoms with van der Waals surface area (Å²) in [6, 6.07) is 66.8. The lowest BCUT2D eigenvalue weighted by Crippen LogP contribution is -2.00. The van der Waals surface area contributed by atoms with Crippen LogP contribution >= 0.6 is 22.7 Å². The molecule has 6 heteroatoms. The Morgan fingerprint density at radius 1 is 0.328 bits per heavy atom. The molecule has 284 valence electrons. The van der Waals surface area contributed by atoms with Gasteiger partial charge in [0, 0.05) is 67.8 Å². The van der Waals surface area contributed by atoms with Gasteiger partial charge in [0.05, 0.1) is 0 Å². The maximum Gasteiger partial charge on any atom is 0.164 e. The minimum absolute atomic E-state index is 0.599. The summed E-state index contributed by atoms with van der Waals surface area (Å²) in [6.07, 6.45) is 0. The monoisotopic (exact) mass is 813 g/mol. The van der Waals surface area contributed by atoms with E-state index < -0.39 is 0 Å². The van der Waals surface area contributed by atoms with Crippen molar-refractivity contribution in [1.29, 1.82) is 0 Å². The van der Waals surface area contributed by atoms with Crippen LogP contribution in [0.15, 0.2) is 192 Å². The van der Waals surface area contributed by atoms with Crippen LogP contribution in [0, 0.1) is 0 Å². The molecule has 0 saturated heterocycles. The van der Waals surface area contributed by atoms with Gasteiger partial charge in [0.25, 0.3) is 0 Å². The van der Waals surface area contributed by atoms with E-state index in [9.17, 15) is 0 Å². The summed E-state index contributed by atoms with van der Waals surface area (Å²) < 4.78 is 11.8. The fraction of sp³-hybridized carbons (Fsp3) is 0. The zero-order chi connectivity index (χ0) is 40.0. The van der Waals surface area contributed by atoms with Gasteiger partial charge >= 0.3 is 0 Å². The predicted octanol–water partition coefficient (Wildman–Crippen LogP) is 16.0. The van der Waals surface area contributed by atoms with Crippen molar-refractivity contribution >= 4 is 95.7 Å². The highest BCUT2D eigenvalue weighted by atomic mass is 32.1. The summed E-state index contributed by atoms with van der Waals surface area (Å²) in [6.45, 7) is 0. The summed E-state index contributed by atoms with van der Waals surface area (Å²) in [5.74, 6) is 1.85. The first kappa shape index (κ1) is 34.4. The largest absolute Gasteiger partial charge is 0.456 e. The third kappa shape index (κ3) is 5.53. The van der Waals surface area contributed by atoms with E-state index in [0.717, 1.165) is 49.6 Å². The van der Waals surface area contributed by atoms with Gasteiger partial charge in [-0.2, -0.15) is 0 Å². The fourth-order valence-corrected chi connectivity index (χ4v) is 11.5. The number of hydrogen-bond acceptors (Lipinski definition) is 6. The van der Waals surface area contributed by atoms with Crippen molar-refractivity contribution < 1.29 is 4.42 Å². The molecule has 13 aromatic rings. The van der Waals surface area contributed by atoms with E-state index >= 15 is 0 Å². The molecule has 0 aliphatic rings. The lowest BCUT2D eigenvalue weighted by molar-refractivity contribution is 0.669. The standard InChI is InChI=1S/C55H31N3OS2/c1-2-12-33(13-3-1)53-56-54(37-22-21-32-11-4-5-14-34(32)29-37)58-55(57-53)43-17-10-18-46-50(43)44-30-35(24-28-45(44)59-46)38-26-27-39(52-51(38)42-16-7-9-20-48(42)61-52)36-23-25-41-40-15-6-8-19-47(40)60-49(41)31-36/h1-31H. The van der Waals surface area contributed by atoms with Gasteiger partial charge < -0.3 is 4.42 Å². The molecule has 9 aromatic carbocycles. The second kappa shape index (κ2) is 13.5. The number of furan rings is 1. The number of rotatable bonds is 5. The molecule has 0 fully saturated rings. The van der Waals surface area contributed by atoms with Gasteiger partial charge in [-0.15, -0.1) is 22.7 Å². The van der Waals surface area contributed by atoms with Crippen LogP contribution < -0.4 is 0 Å². The van der Waals surface area contributed by atoms with Gasteiger partial charge in [-0.3, -0.25) is 0 Å². The van der Waals surface area contributed by atoms with Crippen molar-refractivity contribution in [2.24, 2.45) is 0 Å². The van der Waals surface area contributed by atoms with Gasteiger partial charge in [0.15, 0.2) is 17.5 Å². The Hall–Kier alpha value is -7.51. The fourth-order valence-electron chi connectivity index (χ4n) is 9.04. The van der Waals surface area contributed by atoms with Crippen molar-refractivity contribution in [3.63, 3.8) is 0 Å². The SMILES string of the molecule is c1ccc(-c2nc(-c3ccc4ccccc4c3)nc(-c3cccc4oc5ccc(-c6ccc(-c7ccc8c(c7)sc7ccccc78)c7sc8ccccc8c67)cc5c34)n2)cc1. The van der Waals surface area contributed by atoms with Crippen LogP contribution in [0.1, 0.15) is 0 Å². The highest BCUT2D eigenvalue weighted by molar-refractivity contribution is 7.26. The molecule has 0 bridgehead atoms. The molecule has 0 saturated carbocycles. The number of aromatic nitrogens is 3. The number of fused-ring (bicyclic) bond motifs is 10. The normalized spacial score (nSPS) is 11.9. The molecule has 4 aromatic heterocycles. The topological polar surface area (TPSA) is 51.8 Å². The lowest BCUT2D eigenvalue weighted by atomic mass is 9.93. The minimum atomic E-state index is 0.599. The second-order valence-corrected chi connectivity index (χ2v) is 17.6. The Kier molecular flexibility index (Phi) is 7.61. The highest BCUT2D eigenvalue weighted by Gasteiger charge is 2.21. The van der Waals surface area contributed by atoms with E-state index in [2.05, 4.69) is 146 Å². The van der Waals surface area contributed by atoms with Crippen LogP contribution in [-0.2, 0) is 0 Å². The van der Waals surface area contributed by atoms with Crippen molar-refractivity contribution in [1.82, 2.24) is 15.0 Å². The van der Waals surface area contributed by atoms with Crippen LogP contribution in [0.5, 0.6) is 0 Å². The highest BCUT2D eigenvalue weighted by Crippen LogP contribution is 2.47. The third-order valence-electron chi connectivity index (χ3n) is 11.9. The van der Waals surface area contributed by atoms with Crippen molar-refractivity contribution in [3.05, 3.63) is 188 Å². The van der Waals surface area contributed by atoms with Gasteiger partial charge in [-0.25, -0.2) is 15.0 Å². The number of nitrogens with zero attached hydrogens (tertiary/aromatic N) is 3. The average Bonchev–Trinajstić information content (AvgIpc) is 4.02. The molecule has 0 amide bonds. The Morgan fingerprint density at radius 3 is 1.89 bits per heavy atom. The molecule has 0 unspecified atom stereocenters. The molecule has 0 aliphatic heterocycles. The first-order valence-corrected chi connectivity index (χ1v) is 22.0. The molecule has 4 heterocycles. The molecular weight excluding hydrogens is 783 g/mol. The molecule has 0 radical (unpaired) electrons. The summed E-state index contributed by atoms with van der Waals surface area (Å²) in [7, 11) is 0. The van der Waals surface area contributed by atoms with Crippen molar-refractivity contribution in [2.45, 2.75) is 0 Å². The Labute approximate surface area is 357 Å². The summed E-state index contributed by atoms with van der Waals surface area (Å²) in [4.78, 5) is 15.4. The Bertz CT molecular complexity index is 3900. The van der Waals surface area contributed by atoms with Gasteiger partial charge in [-0.05, 0) is 75.5 Å². The minimum Gasteiger partial charge on any atom is -0.456 e.